The van der Waals surface area contributed by atoms with Crippen molar-refractivity contribution in [3.8, 4) is 5.69 Å². The number of hydrogen-bond acceptors (Lipinski definition) is 4. The van der Waals surface area contributed by atoms with Gasteiger partial charge in [-0.3, -0.25) is 9.67 Å². The zero-order valence-electron chi connectivity index (χ0n) is 9.69. The molecule has 1 aromatic carbocycles. The Labute approximate surface area is 118 Å². The van der Waals surface area contributed by atoms with E-state index < -0.39 is 0 Å². The Balaban J connectivity index is 2.03. The van der Waals surface area contributed by atoms with Crippen molar-refractivity contribution in [2.24, 2.45) is 0 Å². The van der Waals surface area contributed by atoms with Gasteiger partial charge in [0.2, 0.25) is 0 Å². The van der Waals surface area contributed by atoms with Crippen LogP contribution in [0.15, 0.2) is 36.7 Å². The second-order valence-corrected chi connectivity index (χ2v) is 4.64. The van der Waals surface area contributed by atoms with Gasteiger partial charge in [-0.15, -0.1) is 0 Å². The van der Waals surface area contributed by atoms with Crippen LogP contribution in [0.3, 0.4) is 0 Å². The summed E-state index contributed by atoms with van der Waals surface area (Å²) < 4.78 is 2.35. The first-order valence-electron chi connectivity index (χ1n) is 5.50. The summed E-state index contributed by atoms with van der Waals surface area (Å²) in [6, 6.07) is 7.38. The standard InChI is InChI=1S/C11H9ClN6S/c12-8-1-3-9(4-2-8)18-10(15-16-11(18)19)7-17-13-5-6-14-17/h1-6H,7H2,(H,16,19). The lowest BCUT2D eigenvalue weighted by Gasteiger charge is -2.06. The molecule has 0 atom stereocenters. The monoisotopic (exact) mass is 292 g/mol. The van der Waals surface area contributed by atoms with Crippen LogP contribution in [0, 0.1) is 4.77 Å². The first kappa shape index (κ1) is 12.1. The molecule has 0 unspecified atom stereocenters. The van der Waals surface area contributed by atoms with Crippen LogP contribution in [0.25, 0.3) is 5.69 Å². The van der Waals surface area contributed by atoms with Gasteiger partial charge in [0.25, 0.3) is 0 Å². The van der Waals surface area contributed by atoms with Crippen molar-refractivity contribution in [3.05, 3.63) is 52.3 Å². The summed E-state index contributed by atoms with van der Waals surface area (Å²) in [5.41, 5.74) is 0.894. The van der Waals surface area contributed by atoms with Gasteiger partial charge in [-0.05, 0) is 36.5 Å². The molecule has 0 saturated carbocycles. The van der Waals surface area contributed by atoms with E-state index in [1.54, 1.807) is 12.4 Å². The quantitative estimate of drug-likeness (QED) is 0.752. The van der Waals surface area contributed by atoms with Crippen LogP contribution in [-0.2, 0) is 6.54 Å². The van der Waals surface area contributed by atoms with Crippen molar-refractivity contribution < 1.29 is 0 Å². The highest BCUT2D eigenvalue weighted by atomic mass is 35.5. The minimum absolute atomic E-state index is 0.433. The second-order valence-electron chi connectivity index (χ2n) is 3.82. The summed E-state index contributed by atoms with van der Waals surface area (Å²) in [5.74, 6) is 0.725. The summed E-state index contributed by atoms with van der Waals surface area (Å²) in [7, 11) is 0. The zero-order chi connectivity index (χ0) is 13.2. The molecule has 0 aliphatic carbocycles. The van der Waals surface area contributed by atoms with Gasteiger partial charge in [0.15, 0.2) is 10.6 Å². The number of benzene rings is 1. The molecule has 0 bridgehead atoms. The number of H-pyrrole nitrogens is 1. The van der Waals surface area contributed by atoms with Gasteiger partial charge in [0.05, 0.1) is 12.4 Å². The first-order chi connectivity index (χ1) is 9.24. The Hall–Kier alpha value is -1.99. The summed E-state index contributed by atoms with van der Waals surface area (Å²) in [5, 5.41) is 15.8. The molecule has 96 valence electrons. The van der Waals surface area contributed by atoms with E-state index in [-0.39, 0.29) is 0 Å². The number of halogens is 1. The van der Waals surface area contributed by atoms with E-state index in [9.17, 15) is 0 Å². The largest absolute Gasteiger partial charge is 0.271 e. The number of aromatic amines is 1. The molecule has 0 saturated heterocycles. The normalized spacial score (nSPS) is 10.8. The van der Waals surface area contributed by atoms with Crippen molar-refractivity contribution in [3.63, 3.8) is 0 Å². The van der Waals surface area contributed by atoms with Crippen LogP contribution in [0.1, 0.15) is 5.82 Å². The highest BCUT2D eigenvalue weighted by Gasteiger charge is 2.09. The number of aromatic nitrogens is 6. The molecular formula is C11H9ClN6S. The Kier molecular flexibility index (Phi) is 3.14. The molecule has 2 heterocycles. The molecule has 6 nitrogen and oxygen atoms in total. The van der Waals surface area contributed by atoms with Crippen molar-refractivity contribution in [2.75, 3.05) is 0 Å². The van der Waals surface area contributed by atoms with Crippen molar-refractivity contribution >= 4 is 23.8 Å². The van der Waals surface area contributed by atoms with Crippen LogP contribution < -0.4 is 0 Å². The fraction of sp³-hybridized carbons (Fsp3) is 0.0909. The Morgan fingerprint density at radius 2 is 1.84 bits per heavy atom. The average Bonchev–Trinajstić information content (AvgIpc) is 3.02. The Morgan fingerprint density at radius 1 is 1.16 bits per heavy atom. The van der Waals surface area contributed by atoms with Crippen LogP contribution in [0.4, 0.5) is 0 Å². The summed E-state index contributed by atoms with van der Waals surface area (Å²) in [6.07, 6.45) is 3.24. The lowest BCUT2D eigenvalue weighted by atomic mass is 10.3. The SMILES string of the molecule is S=c1[nH]nc(Cn2nccn2)n1-c1ccc(Cl)cc1. The molecule has 2 aromatic heterocycles. The van der Waals surface area contributed by atoms with Gasteiger partial charge in [-0.1, -0.05) is 11.6 Å². The number of hydrogen-bond donors (Lipinski definition) is 1. The number of nitrogens with one attached hydrogen (secondary N) is 1. The minimum atomic E-state index is 0.433. The van der Waals surface area contributed by atoms with Gasteiger partial charge in [0.1, 0.15) is 6.54 Å². The molecule has 1 N–H and O–H groups in total. The van der Waals surface area contributed by atoms with Crippen molar-refractivity contribution in [1.29, 1.82) is 0 Å². The Morgan fingerprint density at radius 3 is 2.53 bits per heavy atom. The molecule has 8 heteroatoms. The molecule has 0 aliphatic rings. The smallest absolute Gasteiger partial charge is 0.199 e. The molecule has 0 radical (unpaired) electrons. The van der Waals surface area contributed by atoms with Gasteiger partial charge < -0.3 is 0 Å². The molecular weight excluding hydrogens is 284 g/mol. The van der Waals surface area contributed by atoms with Crippen LogP contribution in [0.2, 0.25) is 5.02 Å². The summed E-state index contributed by atoms with van der Waals surface area (Å²) in [4.78, 5) is 1.54. The lowest BCUT2D eigenvalue weighted by Crippen LogP contribution is -2.10. The summed E-state index contributed by atoms with van der Waals surface area (Å²) in [6.45, 7) is 0.433. The van der Waals surface area contributed by atoms with E-state index in [0.717, 1.165) is 11.5 Å². The maximum atomic E-state index is 5.88. The molecule has 3 rings (SSSR count). The van der Waals surface area contributed by atoms with E-state index in [1.807, 2.05) is 28.8 Å². The predicted octanol–water partition coefficient (Wildman–Crippen LogP) is 2.22. The predicted molar refractivity (Wildman–Crippen MR) is 72.9 cm³/mol. The molecule has 0 amide bonds. The first-order valence-corrected chi connectivity index (χ1v) is 6.29. The van der Waals surface area contributed by atoms with Crippen molar-refractivity contribution in [1.82, 2.24) is 29.8 Å². The van der Waals surface area contributed by atoms with Crippen molar-refractivity contribution in [2.45, 2.75) is 6.54 Å². The lowest BCUT2D eigenvalue weighted by molar-refractivity contribution is 0.564. The van der Waals surface area contributed by atoms with E-state index in [1.165, 1.54) is 4.80 Å². The molecule has 0 fully saturated rings. The number of nitrogens with zero attached hydrogens (tertiary/aromatic N) is 5. The van der Waals surface area contributed by atoms with Crippen LogP contribution >= 0.6 is 23.8 Å². The summed E-state index contributed by atoms with van der Waals surface area (Å²) >= 11 is 11.1. The van der Waals surface area contributed by atoms with E-state index >= 15 is 0 Å². The fourth-order valence-corrected chi connectivity index (χ4v) is 2.13. The second kappa shape index (κ2) is 4.94. The van der Waals surface area contributed by atoms with Gasteiger partial charge in [0, 0.05) is 10.7 Å². The average molecular weight is 293 g/mol. The van der Waals surface area contributed by atoms with Crippen LogP contribution in [0.5, 0.6) is 0 Å². The Bertz CT molecular complexity index is 727. The zero-order valence-corrected chi connectivity index (χ0v) is 11.3. The van der Waals surface area contributed by atoms with E-state index in [0.29, 0.717) is 16.3 Å². The molecule has 0 aliphatic heterocycles. The van der Waals surface area contributed by atoms with Gasteiger partial charge >= 0.3 is 0 Å². The van der Waals surface area contributed by atoms with Gasteiger partial charge in [-0.25, -0.2) is 0 Å². The highest BCUT2D eigenvalue weighted by molar-refractivity contribution is 7.71. The topological polar surface area (TPSA) is 64.3 Å². The number of rotatable bonds is 3. The minimum Gasteiger partial charge on any atom is -0.271 e. The third kappa shape index (κ3) is 2.42. The van der Waals surface area contributed by atoms with E-state index in [2.05, 4.69) is 20.4 Å². The molecule has 19 heavy (non-hydrogen) atoms. The fourth-order valence-electron chi connectivity index (χ4n) is 1.74. The molecule has 0 spiro atoms. The van der Waals surface area contributed by atoms with E-state index in [4.69, 9.17) is 23.8 Å². The van der Waals surface area contributed by atoms with Gasteiger partial charge in [-0.2, -0.15) is 20.1 Å². The van der Waals surface area contributed by atoms with Crippen LogP contribution in [-0.4, -0.2) is 29.8 Å². The maximum Gasteiger partial charge on any atom is 0.199 e. The third-order valence-corrected chi connectivity index (χ3v) is 3.10. The highest BCUT2D eigenvalue weighted by Crippen LogP contribution is 2.15. The molecule has 3 aromatic rings. The third-order valence-electron chi connectivity index (χ3n) is 2.58. The maximum absolute atomic E-state index is 5.88.